The van der Waals surface area contributed by atoms with Crippen LogP contribution in [0.5, 0.6) is 5.75 Å². The van der Waals surface area contributed by atoms with Crippen molar-refractivity contribution in [3.63, 3.8) is 0 Å². The molecule has 2 aliphatic heterocycles. The Labute approximate surface area is 252 Å². The Morgan fingerprint density at radius 3 is 2.45 bits per heavy atom. The van der Waals surface area contributed by atoms with E-state index in [0.717, 1.165) is 51.9 Å². The Balaban J connectivity index is 1.33. The minimum absolute atomic E-state index is 0.0423. The summed E-state index contributed by atoms with van der Waals surface area (Å²) in [4.78, 5) is 26.0. The molecule has 2 aromatic carbocycles. The summed E-state index contributed by atoms with van der Waals surface area (Å²) < 4.78 is 31.4. The van der Waals surface area contributed by atoms with E-state index in [9.17, 15) is 13.2 Å². The number of halogens is 1. The highest BCUT2D eigenvalue weighted by Gasteiger charge is 2.23. The molecule has 10 nitrogen and oxygen atoms in total. The van der Waals surface area contributed by atoms with Crippen LogP contribution in [0.1, 0.15) is 37.3 Å². The molecule has 3 aromatic rings. The summed E-state index contributed by atoms with van der Waals surface area (Å²) in [6.07, 6.45) is 5.79. The Morgan fingerprint density at radius 1 is 1.02 bits per heavy atom. The summed E-state index contributed by atoms with van der Waals surface area (Å²) in [6.45, 7) is 5.63. The van der Waals surface area contributed by atoms with Gasteiger partial charge >= 0.3 is 0 Å². The van der Waals surface area contributed by atoms with Gasteiger partial charge in [0, 0.05) is 26.2 Å². The number of hydrogen-bond acceptors (Lipinski definition) is 9. The van der Waals surface area contributed by atoms with Gasteiger partial charge in [-0.3, -0.25) is 9.69 Å². The lowest BCUT2D eigenvalue weighted by Crippen LogP contribution is -2.40. The van der Waals surface area contributed by atoms with Crippen LogP contribution in [0.4, 0.5) is 23.1 Å². The molecule has 0 radical (unpaired) electrons. The minimum atomic E-state index is -3.47. The number of nitrogens with one attached hydrogen (secondary N) is 2. The fourth-order valence-electron chi connectivity index (χ4n) is 5.47. The number of carbonyl (C=O) groups excluding carboxylic acids is 1. The number of ether oxygens (including phenoxy) is 1. The van der Waals surface area contributed by atoms with Crippen LogP contribution in [0.15, 0.2) is 47.5 Å². The average Bonchev–Trinajstić information content (AvgIpc) is 3.45. The van der Waals surface area contributed by atoms with Gasteiger partial charge in [0.15, 0.2) is 15.7 Å². The van der Waals surface area contributed by atoms with Crippen molar-refractivity contribution in [1.29, 1.82) is 0 Å². The first-order valence-electron chi connectivity index (χ1n) is 14.4. The molecule has 5 rings (SSSR count). The molecule has 2 N–H and O–H groups in total. The lowest BCUT2D eigenvalue weighted by molar-refractivity contribution is -0.131. The van der Waals surface area contributed by atoms with Crippen LogP contribution in [0.2, 0.25) is 5.02 Å². The molecule has 3 heterocycles. The molecule has 0 unspecified atom stereocenters. The van der Waals surface area contributed by atoms with Gasteiger partial charge in [0.1, 0.15) is 10.8 Å². The van der Waals surface area contributed by atoms with Crippen molar-refractivity contribution in [2.75, 3.05) is 56.2 Å². The SMILES string of the molecule is CCCS(=O)(=O)c1ccccc1Nc1nc(Nc2cc3c(cc2OC)CCN(CC(=O)N2CCCC2)CC3)ncc1Cl. The van der Waals surface area contributed by atoms with Crippen LogP contribution < -0.4 is 15.4 Å². The molecule has 1 amide bonds. The minimum Gasteiger partial charge on any atom is -0.495 e. The zero-order chi connectivity index (χ0) is 29.7. The van der Waals surface area contributed by atoms with E-state index in [0.29, 0.717) is 30.1 Å². The quantitative estimate of drug-likeness (QED) is 0.332. The number of likely N-dealkylation sites (tertiary alicyclic amines) is 1. The van der Waals surface area contributed by atoms with E-state index >= 15 is 0 Å². The topological polar surface area (TPSA) is 117 Å². The van der Waals surface area contributed by atoms with Crippen LogP contribution in [0.3, 0.4) is 0 Å². The van der Waals surface area contributed by atoms with Crippen LogP contribution >= 0.6 is 11.6 Å². The standard InChI is InChI=1S/C30H37ClN6O4S/c1-3-16-42(39,40)27-9-5-4-8-24(27)33-29-23(31)19-32-30(35-29)34-25-17-21-10-14-36(15-11-22(21)18-26(25)41-2)20-28(38)37-12-6-7-13-37/h4-5,8-9,17-19H,3,6-7,10-16,20H2,1-2H3,(H2,32,33,34,35). The third-order valence-corrected chi connectivity index (χ3v) is 9.92. The summed E-state index contributed by atoms with van der Waals surface area (Å²) in [6, 6.07) is 10.8. The molecule has 1 aromatic heterocycles. The molecule has 42 heavy (non-hydrogen) atoms. The van der Waals surface area contributed by atoms with Crippen molar-refractivity contribution in [2.45, 2.75) is 43.9 Å². The highest BCUT2D eigenvalue weighted by molar-refractivity contribution is 7.91. The summed E-state index contributed by atoms with van der Waals surface area (Å²) in [5.41, 5.74) is 3.47. The van der Waals surface area contributed by atoms with Crippen molar-refractivity contribution in [3.05, 3.63) is 58.7 Å². The van der Waals surface area contributed by atoms with Gasteiger partial charge in [-0.25, -0.2) is 13.4 Å². The molecular weight excluding hydrogens is 576 g/mol. The van der Waals surface area contributed by atoms with Crippen molar-refractivity contribution in [1.82, 2.24) is 19.8 Å². The molecule has 0 spiro atoms. The number of nitrogens with zero attached hydrogens (tertiary/aromatic N) is 4. The van der Waals surface area contributed by atoms with Gasteiger partial charge in [-0.15, -0.1) is 0 Å². The van der Waals surface area contributed by atoms with Crippen LogP contribution in [0.25, 0.3) is 0 Å². The summed E-state index contributed by atoms with van der Waals surface area (Å²) in [5.74, 6) is 1.47. The monoisotopic (exact) mass is 612 g/mol. The second kappa shape index (κ2) is 13.3. The maximum Gasteiger partial charge on any atom is 0.236 e. The first kappa shape index (κ1) is 30.1. The number of hydrogen-bond donors (Lipinski definition) is 2. The average molecular weight is 613 g/mol. The van der Waals surface area contributed by atoms with Gasteiger partial charge in [0.05, 0.1) is 41.9 Å². The molecular formula is C30H37ClN6O4S. The highest BCUT2D eigenvalue weighted by atomic mass is 35.5. The fourth-order valence-corrected chi connectivity index (χ4v) is 7.10. The summed E-state index contributed by atoms with van der Waals surface area (Å²) >= 11 is 6.42. The number of methoxy groups -OCH3 is 1. The predicted molar refractivity (Wildman–Crippen MR) is 165 cm³/mol. The Morgan fingerprint density at radius 2 is 1.74 bits per heavy atom. The number of carbonyl (C=O) groups is 1. The maximum absolute atomic E-state index is 12.8. The number of aromatic nitrogens is 2. The van der Waals surface area contributed by atoms with Gasteiger partial charge in [0.2, 0.25) is 11.9 Å². The number of amides is 1. The molecule has 0 aliphatic carbocycles. The Bertz CT molecular complexity index is 1540. The molecule has 1 saturated heterocycles. The maximum atomic E-state index is 12.8. The van der Waals surface area contributed by atoms with E-state index in [1.54, 1.807) is 31.4 Å². The third kappa shape index (κ3) is 6.96. The van der Waals surface area contributed by atoms with Crippen molar-refractivity contribution in [3.8, 4) is 5.75 Å². The van der Waals surface area contributed by atoms with Crippen LogP contribution in [-0.2, 0) is 27.5 Å². The second-order valence-corrected chi connectivity index (χ2v) is 13.1. The smallest absolute Gasteiger partial charge is 0.236 e. The third-order valence-electron chi connectivity index (χ3n) is 7.67. The number of sulfone groups is 1. The zero-order valence-electron chi connectivity index (χ0n) is 24.0. The first-order chi connectivity index (χ1) is 20.3. The van der Waals surface area contributed by atoms with Gasteiger partial charge < -0.3 is 20.3 Å². The van der Waals surface area contributed by atoms with Crippen molar-refractivity contribution in [2.24, 2.45) is 0 Å². The number of fused-ring (bicyclic) bond motifs is 1. The van der Waals surface area contributed by atoms with Gasteiger partial charge in [-0.2, -0.15) is 4.98 Å². The lowest BCUT2D eigenvalue weighted by atomic mass is 10.0. The first-order valence-corrected chi connectivity index (χ1v) is 16.4. The van der Waals surface area contributed by atoms with Crippen LogP contribution in [-0.4, -0.2) is 79.7 Å². The second-order valence-electron chi connectivity index (χ2n) is 10.6. The highest BCUT2D eigenvalue weighted by Crippen LogP contribution is 2.34. The Kier molecular flexibility index (Phi) is 9.50. The molecule has 224 valence electrons. The van der Waals surface area contributed by atoms with E-state index in [1.165, 1.54) is 17.3 Å². The molecule has 2 aliphatic rings. The van der Waals surface area contributed by atoms with Crippen molar-refractivity contribution < 1.29 is 17.9 Å². The van der Waals surface area contributed by atoms with Gasteiger partial charge in [-0.1, -0.05) is 30.7 Å². The number of anilines is 4. The van der Waals surface area contributed by atoms with E-state index in [-0.39, 0.29) is 33.3 Å². The number of benzene rings is 2. The lowest BCUT2D eigenvalue weighted by Gasteiger charge is -2.23. The molecule has 1 fully saturated rings. The predicted octanol–water partition coefficient (Wildman–Crippen LogP) is 4.83. The summed E-state index contributed by atoms with van der Waals surface area (Å²) in [7, 11) is -1.86. The van der Waals surface area contributed by atoms with Gasteiger partial charge in [0.25, 0.3) is 0 Å². The number of para-hydroxylation sites is 1. The fraction of sp³-hybridized carbons (Fsp3) is 0.433. The van der Waals surface area contributed by atoms with E-state index in [1.807, 2.05) is 17.9 Å². The van der Waals surface area contributed by atoms with E-state index in [4.69, 9.17) is 16.3 Å². The number of rotatable bonds is 10. The Hall–Kier alpha value is -3.41. The molecule has 0 saturated carbocycles. The molecule has 0 atom stereocenters. The zero-order valence-corrected chi connectivity index (χ0v) is 25.6. The normalized spacial score (nSPS) is 15.6. The van der Waals surface area contributed by atoms with E-state index < -0.39 is 9.84 Å². The largest absolute Gasteiger partial charge is 0.495 e. The van der Waals surface area contributed by atoms with E-state index in [2.05, 4.69) is 31.6 Å². The summed E-state index contributed by atoms with van der Waals surface area (Å²) in [5, 5.41) is 6.59. The van der Waals surface area contributed by atoms with Crippen LogP contribution in [0, 0.1) is 0 Å². The molecule has 12 heteroatoms. The molecule has 0 bridgehead atoms. The van der Waals surface area contributed by atoms with Crippen molar-refractivity contribution >= 4 is 50.5 Å². The van der Waals surface area contributed by atoms with Gasteiger partial charge in [-0.05, 0) is 67.5 Å².